The number of esters is 1. The Balaban J connectivity index is 2.37. The Morgan fingerprint density at radius 3 is 2.46 bits per heavy atom. The lowest BCUT2D eigenvalue weighted by Gasteiger charge is -2.24. The molecule has 148 valence electrons. The highest BCUT2D eigenvalue weighted by molar-refractivity contribution is 7.19. The summed E-state index contributed by atoms with van der Waals surface area (Å²) in [5.41, 5.74) is 1.45. The monoisotopic (exact) mass is 400 g/mol. The number of aryl methyl sites for hydroxylation is 3. The summed E-state index contributed by atoms with van der Waals surface area (Å²) in [5, 5.41) is 0.419. The van der Waals surface area contributed by atoms with E-state index >= 15 is 0 Å². The third-order valence-corrected chi connectivity index (χ3v) is 6.07. The Morgan fingerprint density at radius 2 is 1.86 bits per heavy atom. The van der Waals surface area contributed by atoms with Gasteiger partial charge in [-0.3, -0.25) is 9.78 Å². The van der Waals surface area contributed by atoms with Crippen LogP contribution in [-0.4, -0.2) is 22.1 Å². The third-order valence-electron chi connectivity index (χ3n) is 5.05. The molecular formula is C21H24N2O4S. The molecule has 0 spiro atoms. The average molecular weight is 401 g/mol. The van der Waals surface area contributed by atoms with Crippen LogP contribution < -0.4 is 11.2 Å². The van der Waals surface area contributed by atoms with Crippen LogP contribution in [0.15, 0.2) is 27.8 Å². The van der Waals surface area contributed by atoms with Crippen LogP contribution in [0.4, 0.5) is 0 Å². The number of fused-ring (bicyclic) bond motifs is 1. The fourth-order valence-electron chi connectivity index (χ4n) is 3.35. The summed E-state index contributed by atoms with van der Waals surface area (Å²) in [7, 11) is 0. The number of nitrogens with zero attached hydrogens (tertiary/aromatic N) is 1. The number of aromatic amines is 1. The highest BCUT2D eigenvalue weighted by Gasteiger charge is 2.35. The van der Waals surface area contributed by atoms with Gasteiger partial charge in [-0.05, 0) is 58.2 Å². The number of rotatable bonds is 4. The van der Waals surface area contributed by atoms with Crippen molar-refractivity contribution in [3.05, 3.63) is 55.0 Å². The van der Waals surface area contributed by atoms with E-state index in [2.05, 4.69) is 4.98 Å². The molecule has 1 N–H and O–H groups in total. The van der Waals surface area contributed by atoms with E-state index in [1.165, 1.54) is 25.2 Å². The number of benzene rings is 1. The average Bonchev–Trinajstić information content (AvgIpc) is 2.93. The number of ether oxygens (including phenoxy) is 1. The highest BCUT2D eigenvalue weighted by Crippen LogP contribution is 2.36. The van der Waals surface area contributed by atoms with E-state index < -0.39 is 22.8 Å². The Kier molecular flexibility index (Phi) is 5.06. The van der Waals surface area contributed by atoms with Gasteiger partial charge in [-0.2, -0.15) is 0 Å². The van der Waals surface area contributed by atoms with Crippen LogP contribution in [0, 0.1) is 20.8 Å². The maximum absolute atomic E-state index is 13.4. The van der Waals surface area contributed by atoms with E-state index in [4.69, 9.17) is 4.74 Å². The van der Waals surface area contributed by atoms with Crippen molar-refractivity contribution < 1.29 is 9.53 Å². The topological polar surface area (TPSA) is 81.2 Å². The van der Waals surface area contributed by atoms with Crippen LogP contribution in [0.25, 0.3) is 21.3 Å². The van der Waals surface area contributed by atoms with E-state index in [-0.39, 0.29) is 6.61 Å². The van der Waals surface area contributed by atoms with Gasteiger partial charge in [-0.1, -0.05) is 18.2 Å². The number of carbonyl (C=O) groups is 1. The summed E-state index contributed by atoms with van der Waals surface area (Å²) >= 11 is 1.36. The van der Waals surface area contributed by atoms with Crippen molar-refractivity contribution in [2.75, 3.05) is 6.61 Å². The molecule has 3 aromatic rings. The molecule has 0 aliphatic rings. The van der Waals surface area contributed by atoms with Gasteiger partial charge in [0.2, 0.25) is 0 Å². The van der Waals surface area contributed by atoms with E-state index in [1.807, 2.05) is 39.0 Å². The number of thiophene rings is 1. The largest absolute Gasteiger partial charge is 0.464 e. The normalized spacial score (nSPS) is 11.8. The zero-order valence-corrected chi connectivity index (χ0v) is 17.7. The summed E-state index contributed by atoms with van der Waals surface area (Å²) < 4.78 is 6.05. The second-order valence-electron chi connectivity index (χ2n) is 7.39. The molecule has 0 aliphatic carbocycles. The number of hydrogen-bond donors (Lipinski definition) is 1. The fourth-order valence-corrected chi connectivity index (χ4v) is 4.40. The molecule has 0 radical (unpaired) electrons. The van der Waals surface area contributed by atoms with Crippen molar-refractivity contribution in [2.24, 2.45) is 0 Å². The Bertz CT molecular complexity index is 1200. The molecule has 28 heavy (non-hydrogen) atoms. The summed E-state index contributed by atoms with van der Waals surface area (Å²) in [5.74, 6) is -0.623. The lowest BCUT2D eigenvalue weighted by Crippen LogP contribution is -2.51. The molecule has 3 rings (SSSR count). The minimum atomic E-state index is -1.43. The number of nitrogens with one attached hydrogen (secondary N) is 1. The Morgan fingerprint density at radius 1 is 1.18 bits per heavy atom. The molecule has 2 heterocycles. The molecule has 2 aromatic heterocycles. The first-order valence-corrected chi connectivity index (χ1v) is 9.95. The lowest BCUT2D eigenvalue weighted by atomic mass is 9.99. The molecule has 0 aliphatic heterocycles. The molecule has 0 amide bonds. The molecular weight excluding hydrogens is 376 g/mol. The summed E-state index contributed by atoms with van der Waals surface area (Å²) in [6.45, 7) is 10.9. The zero-order chi connectivity index (χ0) is 20.8. The van der Waals surface area contributed by atoms with Crippen LogP contribution in [0.3, 0.4) is 0 Å². The van der Waals surface area contributed by atoms with E-state index in [1.54, 1.807) is 6.92 Å². The van der Waals surface area contributed by atoms with Crippen molar-refractivity contribution in [3.63, 3.8) is 0 Å². The molecule has 6 nitrogen and oxygen atoms in total. The maximum atomic E-state index is 13.4. The predicted octanol–water partition coefficient (Wildman–Crippen LogP) is 3.64. The van der Waals surface area contributed by atoms with Gasteiger partial charge in [-0.25, -0.2) is 14.2 Å². The van der Waals surface area contributed by atoms with Crippen molar-refractivity contribution in [1.82, 2.24) is 9.55 Å². The van der Waals surface area contributed by atoms with Crippen molar-refractivity contribution in [3.8, 4) is 11.1 Å². The van der Waals surface area contributed by atoms with Crippen LogP contribution in [0.5, 0.6) is 0 Å². The number of aromatic nitrogens is 2. The molecule has 0 atom stereocenters. The van der Waals surface area contributed by atoms with Gasteiger partial charge >= 0.3 is 11.7 Å². The van der Waals surface area contributed by atoms with Gasteiger partial charge < -0.3 is 4.74 Å². The third kappa shape index (κ3) is 3.09. The first-order valence-electron chi connectivity index (χ1n) is 9.13. The highest BCUT2D eigenvalue weighted by atomic mass is 32.1. The fraction of sp³-hybridized carbons (Fsp3) is 0.381. The van der Waals surface area contributed by atoms with Gasteiger partial charge in [0.1, 0.15) is 10.4 Å². The molecule has 0 fully saturated rings. The Hall–Kier alpha value is -2.67. The zero-order valence-electron chi connectivity index (χ0n) is 16.9. The van der Waals surface area contributed by atoms with Gasteiger partial charge in [0.05, 0.1) is 12.0 Å². The van der Waals surface area contributed by atoms with E-state index in [0.29, 0.717) is 10.2 Å². The first kappa shape index (κ1) is 20.1. The SMILES string of the molecule is CCOC(=O)C(C)(C)n1c(=O)[nH]c2sc(C)c(-c3ccc(C)c(C)c3)c2c1=O. The maximum Gasteiger partial charge on any atom is 0.332 e. The standard InChI is InChI=1S/C21H24N2O4S/c1-7-27-19(25)21(5,6)23-18(24)16-15(13(4)28-17(16)22-20(23)26)14-9-8-11(2)12(3)10-14/h8-10H,7H2,1-6H3,(H,22,26). The summed E-state index contributed by atoms with van der Waals surface area (Å²) in [4.78, 5) is 42.7. The Labute approximate surface area is 166 Å². The smallest absolute Gasteiger partial charge is 0.332 e. The van der Waals surface area contributed by atoms with Gasteiger partial charge in [-0.15, -0.1) is 11.3 Å². The summed E-state index contributed by atoms with van der Waals surface area (Å²) in [6, 6.07) is 6.03. The molecule has 1 aromatic carbocycles. The molecule has 7 heteroatoms. The van der Waals surface area contributed by atoms with Crippen LogP contribution >= 0.6 is 11.3 Å². The molecule has 0 saturated carbocycles. The molecule has 0 unspecified atom stereocenters. The minimum Gasteiger partial charge on any atom is -0.464 e. The number of hydrogen-bond acceptors (Lipinski definition) is 5. The van der Waals surface area contributed by atoms with Crippen molar-refractivity contribution in [2.45, 2.75) is 47.1 Å². The van der Waals surface area contributed by atoms with Gasteiger partial charge in [0.25, 0.3) is 5.56 Å². The summed E-state index contributed by atoms with van der Waals surface area (Å²) in [6.07, 6.45) is 0. The minimum absolute atomic E-state index is 0.169. The van der Waals surface area contributed by atoms with Crippen molar-refractivity contribution in [1.29, 1.82) is 0 Å². The first-order chi connectivity index (χ1) is 13.1. The quantitative estimate of drug-likeness (QED) is 0.678. The predicted molar refractivity (Wildman–Crippen MR) is 112 cm³/mol. The second kappa shape index (κ2) is 7.05. The van der Waals surface area contributed by atoms with Gasteiger partial charge in [0, 0.05) is 10.4 Å². The molecule has 0 bridgehead atoms. The number of H-pyrrole nitrogens is 1. The van der Waals surface area contributed by atoms with Crippen LogP contribution in [-0.2, 0) is 15.1 Å². The second-order valence-corrected chi connectivity index (χ2v) is 8.61. The lowest BCUT2D eigenvalue weighted by molar-refractivity contribution is -0.152. The molecule has 0 saturated heterocycles. The van der Waals surface area contributed by atoms with E-state index in [9.17, 15) is 14.4 Å². The van der Waals surface area contributed by atoms with Gasteiger partial charge in [0.15, 0.2) is 0 Å². The number of carbonyl (C=O) groups excluding carboxylic acids is 1. The van der Waals surface area contributed by atoms with Crippen molar-refractivity contribution >= 4 is 27.5 Å². The van der Waals surface area contributed by atoms with Crippen LogP contribution in [0.2, 0.25) is 0 Å². The van der Waals surface area contributed by atoms with E-state index in [0.717, 1.165) is 31.7 Å². The van der Waals surface area contributed by atoms with Crippen LogP contribution in [0.1, 0.15) is 36.8 Å².